The Kier molecular flexibility index (Phi) is 2.15. The largest absolute Gasteiger partial charge is 0.396 e. The van der Waals surface area contributed by atoms with Crippen molar-refractivity contribution in [3.05, 3.63) is 12.2 Å². The van der Waals surface area contributed by atoms with Crippen molar-refractivity contribution < 1.29 is 9.50 Å². The molecular formula is C9H14FNO. The molecular weight excluding hydrogens is 157 g/mol. The molecule has 1 aliphatic carbocycles. The van der Waals surface area contributed by atoms with Gasteiger partial charge in [0, 0.05) is 25.1 Å². The Hall–Kier alpha value is -0.410. The lowest BCUT2D eigenvalue weighted by Gasteiger charge is -2.24. The van der Waals surface area contributed by atoms with Crippen LogP contribution in [0.4, 0.5) is 4.39 Å². The summed E-state index contributed by atoms with van der Waals surface area (Å²) < 4.78 is 12.9. The summed E-state index contributed by atoms with van der Waals surface area (Å²) in [5.41, 5.74) is 0. The molecule has 0 aromatic rings. The van der Waals surface area contributed by atoms with E-state index in [1.807, 2.05) is 6.08 Å². The summed E-state index contributed by atoms with van der Waals surface area (Å²) in [4.78, 5) is 0. The Morgan fingerprint density at radius 2 is 2.33 bits per heavy atom. The Labute approximate surface area is 71.5 Å². The zero-order valence-electron chi connectivity index (χ0n) is 6.91. The summed E-state index contributed by atoms with van der Waals surface area (Å²) in [6.45, 7) is 1.03. The van der Waals surface area contributed by atoms with Crippen molar-refractivity contribution >= 4 is 0 Å². The molecule has 0 saturated carbocycles. The topological polar surface area (TPSA) is 32.3 Å². The zero-order valence-corrected chi connectivity index (χ0v) is 6.91. The highest BCUT2D eigenvalue weighted by atomic mass is 19.1. The molecule has 0 aromatic carbocycles. The molecule has 4 unspecified atom stereocenters. The SMILES string of the molecule is OCC1CNC2CC(F)C=CC12. The van der Waals surface area contributed by atoms with Crippen molar-refractivity contribution in [1.82, 2.24) is 5.32 Å². The number of halogens is 1. The average molecular weight is 171 g/mol. The van der Waals surface area contributed by atoms with Crippen LogP contribution in [0.15, 0.2) is 12.2 Å². The van der Waals surface area contributed by atoms with Gasteiger partial charge >= 0.3 is 0 Å². The van der Waals surface area contributed by atoms with E-state index in [1.165, 1.54) is 0 Å². The van der Waals surface area contributed by atoms with E-state index in [0.717, 1.165) is 6.54 Å². The van der Waals surface area contributed by atoms with Gasteiger partial charge in [-0.15, -0.1) is 0 Å². The Morgan fingerprint density at radius 1 is 1.50 bits per heavy atom. The predicted molar refractivity (Wildman–Crippen MR) is 44.5 cm³/mol. The fraction of sp³-hybridized carbons (Fsp3) is 0.778. The summed E-state index contributed by atoms with van der Waals surface area (Å²) in [5, 5.41) is 12.2. The molecule has 0 aromatic heterocycles. The van der Waals surface area contributed by atoms with Gasteiger partial charge in [-0.1, -0.05) is 12.2 Å². The maximum atomic E-state index is 12.9. The summed E-state index contributed by atoms with van der Waals surface area (Å²) in [5.74, 6) is 0.640. The third kappa shape index (κ3) is 1.27. The number of allylic oxidation sites excluding steroid dienone is 1. The lowest BCUT2D eigenvalue weighted by atomic mass is 9.84. The van der Waals surface area contributed by atoms with Gasteiger partial charge in [-0.2, -0.15) is 0 Å². The molecule has 2 N–H and O–H groups in total. The van der Waals surface area contributed by atoms with E-state index in [9.17, 15) is 4.39 Å². The number of alkyl halides is 1. The third-order valence-electron chi connectivity index (χ3n) is 2.91. The number of rotatable bonds is 1. The third-order valence-corrected chi connectivity index (χ3v) is 2.91. The van der Waals surface area contributed by atoms with Crippen LogP contribution in [0.2, 0.25) is 0 Å². The van der Waals surface area contributed by atoms with E-state index in [4.69, 9.17) is 5.11 Å². The van der Waals surface area contributed by atoms with Crippen LogP contribution >= 0.6 is 0 Å². The minimum Gasteiger partial charge on any atom is -0.396 e. The highest BCUT2D eigenvalue weighted by molar-refractivity contribution is 5.10. The van der Waals surface area contributed by atoms with Crippen molar-refractivity contribution in [2.75, 3.05) is 13.2 Å². The molecule has 1 heterocycles. The van der Waals surface area contributed by atoms with E-state index in [1.54, 1.807) is 6.08 Å². The number of hydrogen-bond acceptors (Lipinski definition) is 2. The standard InChI is InChI=1S/C9H14FNO/c10-7-1-2-8-6(5-12)4-11-9(8)3-7/h1-2,6-9,11-12H,3-5H2. The molecule has 1 aliphatic heterocycles. The van der Waals surface area contributed by atoms with E-state index in [2.05, 4.69) is 5.32 Å². The summed E-state index contributed by atoms with van der Waals surface area (Å²) in [6.07, 6.45) is 3.31. The second-order valence-electron chi connectivity index (χ2n) is 3.67. The monoisotopic (exact) mass is 171 g/mol. The summed E-state index contributed by atoms with van der Waals surface area (Å²) >= 11 is 0. The summed E-state index contributed by atoms with van der Waals surface area (Å²) in [6, 6.07) is 0.252. The molecule has 0 amide bonds. The molecule has 0 bridgehead atoms. The Morgan fingerprint density at radius 3 is 3.08 bits per heavy atom. The Bertz CT molecular complexity index is 195. The van der Waals surface area contributed by atoms with Crippen LogP contribution in [0.5, 0.6) is 0 Å². The maximum Gasteiger partial charge on any atom is 0.120 e. The number of hydrogen-bond donors (Lipinski definition) is 2. The smallest absolute Gasteiger partial charge is 0.120 e. The lowest BCUT2D eigenvalue weighted by Crippen LogP contribution is -2.32. The lowest BCUT2D eigenvalue weighted by molar-refractivity contribution is 0.204. The second-order valence-corrected chi connectivity index (χ2v) is 3.67. The van der Waals surface area contributed by atoms with Gasteiger partial charge in [0.15, 0.2) is 0 Å². The molecule has 2 aliphatic rings. The highest BCUT2D eigenvalue weighted by Crippen LogP contribution is 2.30. The van der Waals surface area contributed by atoms with Crippen molar-refractivity contribution in [1.29, 1.82) is 0 Å². The van der Waals surface area contributed by atoms with Crippen LogP contribution in [0.1, 0.15) is 6.42 Å². The minimum absolute atomic E-state index is 0.204. The Balaban J connectivity index is 2.09. The van der Waals surface area contributed by atoms with Crippen LogP contribution in [0, 0.1) is 11.8 Å². The van der Waals surface area contributed by atoms with Crippen molar-refractivity contribution in [2.24, 2.45) is 11.8 Å². The molecule has 1 fully saturated rings. The highest BCUT2D eigenvalue weighted by Gasteiger charge is 2.36. The minimum atomic E-state index is -0.795. The quantitative estimate of drug-likeness (QED) is 0.562. The van der Waals surface area contributed by atoms with Crippen molar-refractivity contribution in [2.45, 2.75) is 18.6 Å². The second kappa shape index (κ2) is 3.15. The fourth-order valence-electron chi connectivity index (χ4n) is 2.19. The van der Waals surface area contributed by atoms with Gasteiger partial charge in [0.2, 0.25) is 0 Å². The number of fused-ring (bicyclic) bond motifs is 1. The first-order valence-corrected chi connectivity index (χ1v) is 4.48. The number of nitrogens with one attached hydrogen (secondary N) is 1. The van der Waals surface area contributed by atoms with Gasteiger partial charge in [-0.05, 0) is 12.3 Å². The van der Waals surface area contributed by atoms with Gasteiger partial charge < -0.3 is 10.4 Å². The van der Waals surface area contributed by atoms with Gasteiger partial charge in [-0.3, -0.25) is 0 Å². The molecule has 4 atom stereocenters. The molecule has 68 valence electrons. The van der Waals surface area contributed by atoms with Crippen molar-refractivity contribution in [3.8, 4) is 0 Å². The van der Waals surface area contributed by atoms with Gasteiger partial charge in [0.25, 0.3) is 0 Å². The number of aliphatic hydroxyl groups excluding tert-OH is 1. The predicted octanol–water partition coefficient (Wildman–Crippen LogP) is 0.481. The van der Waals surface area contributed by atoms with E-state index in [-0.39, 0.29) is 12.6 Å². The van der Waals surface area contributed by atoms with Crippen LogP contribution in [0.25, 0.3) is 0 Å². The summed E-state index contributed by atoms with van der Waals surface area (Å²) in [7, 11) is 0. The van der Waals surface area contributed by atoms with E-state index < -0.39 is 6.17 Å². The fourth-order valence-corrected chi connectivity index (χ4v) is 2.19. The number of aliphatic hydroxyl groups is 1. The van der Waals surface area contributed by atoms with Gasteiger partial charge in [-0.25, -0.2) is 4.39 Å². The first-order chi connectivity index (χ1) is 5.81. The van der Waals surface area contributed by atoms with Crippen LogP contribution in [-0.2, 0) is 0 Å². The molecule has 2 nitrogen and oxygen atoms in total. The molecule has 1 saturated heterocycles. The molecule has 12 heavy (non-hydrogen) atoms. The molecule has 0 spiro atoms. The van der Waals surface area contributed by atoms with Gasteiger partial charge in [0.05, 0.1) is 0 Å². The zero-order chi connectivity index (χ0) is 8.55. The van der Waals surface area contributed by atoms with Crippen LogP contribution in [-0.4, -0.2) is 30.5 Å². The maximum absolute atomic E-state index is 12.9. The van der Waals surface area contributed by atoms with Gasteiger partial charge in [0.1, 0.15) is 6.17 Å². The molecule has 0 radical (unpaired) electrons. The van der Waals surface area contributed by atoms with Crippen LogP contribution in [0.3, 0.4) is 0 Å². The van der Waals surface area contributed by atoms with Crippen molar-refractivity contribution in [3.63, 3.8) is 0 Å². The average Bonchev–Trinajstić information content (AvgIpc) is 2.46. The van der Waals surface area contributed by atoms with E-state index in [0.29, 0.717) is 18.3 Å². The first kappa shape index (κ1) is 8.20. The first-order valence-electron chi connectivity index (χ1n) is 4.48. The normalized spacial score (nSPS) is 46.2. The van der Waals surface area contributed by atoms with E-state index >= 15 is 0 Å². The van der Waals surface area contributed by atoms with Crippen LogP contribution < -0.4 is 5.32 Å². The molecule has 2 rings (SSSR count). The molecule has 3 heteroatoms.